The van der Waals surface area contributed by atoms with Gasteiger partial charge in [0.1, 0.15) is 12.2 Å². The molecule has 0 bridgehead atoms. The van der Waals surface area contributed by atoms with Crippen LogP contribution in [0.4, 0.5) is 26.3 Å². The molecule has 148 valence electrons. The Hall–Kier alpha value is -1.84. The fourth-order valence-electron chi connectivity index (χ4n) is 2.41. The second-order valence-corrected chi connectivity index (χ2v) is 8.81. The zero-order chi connectivity index (χ0) is 20.3. The molecule has 0 saturated heterocycles. The summed E-state index contributed by atoms with van der Waals surface area (Å²) < 4.78 is 89.9. The number of hydrogen-bond acceptors (Lipinski definition) is 2. The van der Waals surface area contributed by atoms with Crippen LogP contribution in [-0.4, -0.2) is 33.1 Å². The highest BCUT2D eigenvalue weighted by Crippen LogP contribution is 2.30. The number of rotatable bonds is 6. The monoisotopic (exact) mass is 408 g/mol. The summed E-state index contributed by atoms with van der Waals surface area (Å²) in [5.41, 5.74) is 0. The molecule has 0 aliphatic heterocycles. The minimum atomic E-state index is -4.76. The predicted molar refractivity (Wildman–Crippen MR) is 91.1 cm³/mol. The highest BCUT2D eigenvalue weighted by molar-refractivity contribution is 6.92. The van der Waals surface area contributed by atoms with E-state index >= 15 is 0 Å². The van der Waals surface area contributed by atoms with Gasteiger partial charge in [-0.15, -0.1) is 0 Å². The van der Waals surface area contributed by atoms with Crippen LogP contribution in [0.15, 0.2) is 60.7 Å². The SMILES string of the molecule is CC(O[Si](OC(C)C(F)(F)F)(c1ccccc1)c1ccccc1)C(F)(F)F. The molecule has 0 aliphatic carbocycles. The molecule has 0 fully saturated rings. The summed E-state index contributed by atoms with van der Waals surface area (Å²) in [4.78, 5) is 0. The largest absolute Gasteiger partial charge is 0.413 e. The smallest absolute Gasteiger partial charge is 0.375 e. The van der Waals surface area contributed by atoms with Crippen LogP contribution < -0.4 is 10.4 Å². The maximum absolute atomic E-state index is 13.2. The number of halogens is 6. The van der Waals surface area contributed by atoms with Gasteiger partial charge in [0, 0.05) is 0 Å². The van der Waals surface area contributed by atoms with Gasteiger partial charge in [-0.05, 0) is 24.2 Å². The van der Waals surface area contributed by atoms with Gasteiger partial charge in [-0.2, -0.15) is 26.3 Å². The third kappa shape index (κ3) is 5.11. The predicted octanol–water partition coefficient (Wildman–Crippen LogP) is 4.18. The molecule has 2 atom stereocenters. The molecule has 0 aromatic heterocycles. The van der Waals surface area contributed by atoms with Crippen molar-refractivity contribution in [3.8, 4) is 0 Å². The lowest BCUT2D eigenvalue weighted by atomic mass is 10.4. The zero-order valence-electron chi connectivity index (χ0n) is 14.5. The van der Waals surface area contributed by atoms with Crippen LogP contribution in [0.2, 0.25) is 0 Å². The van der Waals surface area contributed by atoms with Crippen molar-refractivity contribution in [2.24, 2.45) is 0 Å². The standard InChI is InChI=1S/C18H18F6O2Si/c1-13(17(19,20)21)25-27(15-9-5-3-6-10-15,16-11-7-4-8-12-16)26-14(2)18(22,23)24/h3-14H,1-2H3. The summed E-state index contributed by atoms with van der Waals surface area (Å²) >= 11 is 0. The normalized spacial score (nSPS) is 15.4. The average molecular weight is 408 g/mol. The Balaban J connectivity index is 2.65. The first kappa shape index (κ1) is 21.5. The number of hydrogen-bond donors (Lipinski definition) is 0. The van der Waals surface area contributed by atoms with E-state index in [1.165, 1.54) is 48.5 Å². The summed E-state index contributed by atoms with van der Waals surface area (Å²) in [5.74, 6) is 0. The topological polar surface area (TPSA) is 18.5 Å². The van der Waals surface area contributed by atoms with Crippen molar-refractivity contribution in [3.05, 3.63) is 60.7 Å². The van der Waals surface area contributed by atoms with Crippen molar-refractivity contribution in [3.63, 3.8) is 0 Å². The van der Waals surface area contributed by atoms with E-state index in [0.717, 1.165) is 13.8 Å². The minimum absolute atomic E-state index is 0.156. The van der Waals surface area contributed by atoms with Crippen LogP contribution >= 0.6 is 0 Å². The first-order valence-corrected chi connectivity index (χ1v) is 9.88. The third-order valence-electron chi connectivity index (χ3n) is 3.92. The van der Waals surface area contributed by atoms with Crippen molar-refractivity contribution >= 4 is 18.9 Å². The zero-order valence-corrected chi connectivity index (χ0v) is 15.5. The summed E-state index contributed by atoms with van der Waals surface area (Å²) in [6.45, 7) is 1.52. The van der Waals surface area contributed by atoms with E-state index in [2.05, 4.69) is 0 Å². The van der Waals surface area contributed by atoms with Crippen molar-refractivity contribution in [2.45, 2.75) is 38.4 Å². The molecular weight excluding hydrogens is 390 g/mol. The van der Waals surface area contributed by atoms with Crippen LogP contribution in [0.3, 0.4) is 0 Å². The molecule has 0 aliphatic rings. The molecule has 2 aromatic rings. The van der Waals surface area contributed by atoms with Crippen LogP contribution in [0.5, 0.6) is 0 Å². The highest BCUT2D eigenvalue weighted by atomic mass is 28.4. The van der Waals surface area contributed by atoms with Gasteiger partial charge in [0.15, 0.2) is 0 Å². The van der Waals surface area contributed by atoms with Crippen molar-refractivity contribution < 1.29 is 35.2 Å². The lowest BCUT2D eigenvalue weighted by Gasteiger charge is -2.37. The highest BCUT2D eigenvalue weighted by Gasteiger charge is 2.53. The quantitative estimate of drug-likeness (QED) is 0.528. The Morgan fingerprint density at radius 3 is 1.19 bits per heavy atom. The molecule has 27 heavy (non-hydrogen) atoms. The summed E-state index contributed by atoms with van der Waals surface area (Å²) in [7, 11) is -4.33. The first-order valence-electron chi connectivity index (χ1n) is 8.07. The lowest BCUT2D eigenvalue weighted by molar-refractivity contribution is -0.210. The van der Waals surface area contributed by atoms with Gasteiger partial charge in [0.2, 0.25) is 0 Å². The van der Waals surface area contributed by atoms with Crippen LogP contribution in [0, 0.1) is 0 Å². The third-order valence-corrected chi connectivity index (χ3v) is 7.47. The maximum atomic E-state index is 13.2. The van der Waals surface area contributed by atoms with E-state index in [-0.39, 0.29) is 10.4 Å². The Morgan fingerprint density at radius 2 is 0.926 bits per heavy atom. The van der Waals surface area contributed by atoms with E-state index in [4.69, 9.17) is 8.85 Å². The molecule has 0 heterocycles. The van der Waals surface area contributed by atoms with E-state index in [1.807, 2.05) is 0 Å². The Kier molecular flexibility index (Phi) is 6.38. The number of benzene rings is 2. The molecular formula is C18H18F6O2Si. The van der Waals surface area contributed by atoms with Gasteiger partial charge in [-0.3, -0.25) is 0 Å². The molecule has 2 rings (SSSR count). The molecule has 0 spiro atoms. The van der Waals surface area contributed by atoms with Gasteiger partial charge in [0.05, 0.1) is 0 Å². The Bertz CT molecular complexity index is 655. The maximum Gasteiger partial charge on any atom is 0.413 e. The van der Waals surface area contributed by atoms with Crippen LogP contribution in [-0.2, 0) is 8.85 Å². The molecule has 2 aromatic carbocycles. The molecule has 2 unspecified atom stereocenters. The van der Waals surface area contributed by atoms with E-state index in [0.29, 0.717) is 0 Å². The van der Waals surface area contributed by atoms with Gasteiger partial charge in [-0.1, -0.05) is 60.7 Å². The van der Waals surface area contributed by atoms with E-state index in [9.17, 15) is 26.3 Å². The van der Waals surface area contributed by atoms with Gasteiger partial charge < -0.3 is 8.85 Å². The van der Waals surface area contributed by atoms with Gasteiger partial charge >= 0.3 is 20.9 Å². The van der Waals surface area contributed by atoms with E-state index < -0.39 is 33.1 Å². The summed E-state index contributed by atoms with van der Waals surface area (Å²) in [6.07, 6.45) is -14.1. The fraction of sp³-hybridized carbons (Fsp3) is 0.333. The summed E-state index contributed by atoms with van der Waals surface area (Å²) in [6, 6.07) is 15.0. The fourth-order valence-corrected chi connectivity index (χ4v) is 5.87. The van der Waals surface area contributed by atoms with Gasteiger partial charge in [0.25, 0.3) is 0 Å². The van der Waals surface area contributed by atoms with Gasteiger partial charge in [-0.25, -0.2) is 0 Å². The average Bonchev–Trinajstić information content (AvgIpc) is 2.60. The molecule has 9 heteroatoms. The lowest BCUT2D eigenvalue weighted by Crippen LogP contribution is -2.67. The summed E-state index contributed by atoms with van der Waals surface area (Å²) in [5, 5.41) is 0.312. The van der Waals surface area contributed by atoms with Crippen molar-refractivity contribution in [2.75, 3.05) is 0 Å². The van der Waals surface area contributed by atoms with Crippen LogP contribution in [0.25, 0.3) is 0 Å². The van der Waals surface area contributed by atoms with E-state index in [1.54, 1.807) is 12.1 Å². The molecule has 0 amide bonds. The van der Waals surface area contributed by atoms with Crippen molar-refractivity contribution in [1.82, 2.24) is 0 Å². The first-order chi connectivity index (χ1) is 12.5. The molecule has 2 nitrogen and oxygen atoms in total. The molecule has 0 saturated carbocycles. The second-order valence-electron chi connectivity index (χ2n) is 5.95. The number of alkyl halides is 6. The second kappa shape index (κ2) is 8.03. The van der Waals surface area contributed by atoms with Crippen molar-refractivity contribution in [1.29, 1.82) is 0 Å². The Morgan fingerprint density at radius 1 is 0.630 bits per heavy atom. The molecule has 0 radical (unpaired) electrons. The minimum Gasteiger partial charge on any atom is -0.375 e. The molecule has 0 N–H and O–H groups in total. The van der Waals surface area contributed by atoms with Crippen LogP contribution in [0.1, 0.15) is 13.8 Å². The Labute approximate surface area is 154 Å².